The summed E-state index contributed by atoms with van der Waals surface area (Å²) in [6, 6.07) is 10.4. The molecule has 1 N–H and O–H groups in total. The van der Waals surface area contributed by atoms with Gasteiger partial charge in [0.25, 0.3) is 0 Å². The van der Waals surface area contributed by atoms with E-state index in [-0.39, 0.29) is 0 Å². The van der Waals surface area contributed by atoms with E-state index in [0.717, 1.165) is 19.3 Å². The van der Waals surface area contributed by atoms with Gasteiger partial charge < -0.3 is 5.41 Å². The molecule has 0 amide bonds. The fourth-order valence-electron chi connectivity index (χ4n) is 1.53. The second kappa shape index (κ2) is 9.45. The fourth-order valence-corrected chi connectivity index (χ4v) is 1.53. The molecule has 0 aromatic heterocycles. The third kappa shape index (κ3) is 6.05. The smallest absolute Gasteiger partial charge is 0.00134 e. The largest absolute Gasteiger partial charge is 0.313 e. The number of nitrogens with one attached hydrogen (secondary N) is 1. The standard InChI is InChI=1S/C12H17N.C2H6/c1-2-6-12(10-13)9-11-7-4-3-5-8-11;1-2/h3-5,7-8,10,12-13H,2,6,9H2,1H3;1-2H3. The van der Waals surface area contributed by atoms with Crippen LogP contribution in [0, 0.1) is 11.3 Å². The zero-order valence-electron chi connectivity index (χ0n) is 10.2. The highest BCUT2D eigenvalue weighted by molar-refractivity contribution is 5.57. The molecule has 0 aliphatic rings. The first-order chi connectivity index (χ1) is 7.36. The van der Waals surface area contributed by atoms with Crippen molar-refractivity contribution >= 4 is 6.21 Å². The van der Waals surface area contributed by atoms with Gasteiger partial charge in [0, 0.05) is 0 Å². The van der Waals surface area contributed by atoms with Crippen molar-refractivity contribution in [1.82, 2.24) is 0 Å². The first-order valence-corrected chi connectivity index (χ1v) is 5.91. The van der Waals surface area contributed by atoms with E-state index in [4.69, 9.17) is 5.41 Å². The lowest BCUT2D eigenvalue weighted by atomic mass is 9.96. The number of benzene rings is 1. The van der Waals surface area contributed by atoms with Crippen molar-refractivity contribution in [1.29, 1.82) is 5.41 Å². The Kier molecular flexibility index (Phi) is 8.75. The molecule has 0 radical (unpaired) electrons. The molecule has 0 heterocycles. The van der Waals surface area contributed by atoms with Gasteiger partial charge in [-0.1, -0.05) is 57.5 Å². The number of hydrogen-bond donors (Lipinski definition) is 1. The molecule has 0 fully saturated rings. The van der Waals surface area contributed by atoms with Crippen molar-refractivity contribution in [2.75, 3.05) is 0 Å². The second-order valence-corrected chi connectivity index (χ2v) is 3.41. The van der Waals surface area contributed by atoms with Gasteiger partial charge in [0.1, 0.15) is 0 Å². The van der Waals surface area contributed by atoms with E-state index in [1.165, 1.54) is 5.56 Å². The molecular formula is C14H23N. The Morgan fingerprint density at radius 2 is 1.80 bits per heavy atom. The summed E-state index contributed by atoms with van der Waals surface area (Å²) in [6.45, 7) is 6.17. The van der Waals surface area contributed by atoms with Gasteiger partial charge in [0.15, 0.2) is 0 Å². The van der Waals surface area contributed by atoms with Crippen LogP contribution in [0.15, 0.2) is 30.3 Å². The summed E-state index contributed by atoms with van der Waals surface area (Å²) < 4.78 is 0. The molecule has 1 nitrogen and oxygen atoms in total. The van der Waals surface area contributed by atoms with Crippen molar-refractivity contribution in [3.8, 4) is 0 Å². The molecule has 0 spiro atoms. The minimum atomic E-state index is 0.424. The number of rotatable bonds is 5. The van der Waals surface area contributed by atoms with E-state index in [1.807, 2.05) is 19.9 Å². The van der Waals surface area contributed by atoms with Crippen LogP contribution in [-0.4, -0.2) is 6.21 Å². The summed E-state index contributed by atoms with van der Waals surface area (Å²) >= 11 is 0. The van der Waals surface area contributed by atoms with Crippen molar-refractivity contribution in [2.24, 2.45) is 5.92 Å². The lowest BCUT2D eigenvalue weighted by Gasteiger charge is -2.09. The Morgan fingerprint density at radius 1 is 1.20 bits per heavy atom. The lowest BCUT2D eigenvalue weighted by molar-refractivity contribution is 0.618. The van der Waals surface area contributed by atoms with Crippen molar-refractivity contribution < 1.29 is 0 Å². The molecule has 15 heavy (non-hydrogen) atoms. The molecule has 0 saturated carbocycles. The molecule has 0 aliphatic heterocycles. The third-order valence-electron chi connectivity index (χ3n) is 2.24. The highest BCUT2D eigenvalue weighted by Gasteiger charge is 2.04. The Morgan fingerprint density at radius 3 is 2.27 bits per heavy atom. The summed E-state index contributed by atoms with van der Waals surface area (Å²) in [5.74, 6) is 0.424. The minimum Gasteiger partial charge on any atom is -0.313 e. The van der Waals surface area contributed by atoms with Crippen LogP contribution in [0.1, 0.15) is 39.2 Å². The van der Waals surface area contributed by atoms with E-state index >= 15 is 0 Å². The van der Waals surface area contributed by atoms with E-state index < -0.39 is 0 Å². The van der Waals surface area contributed by atoms with Gasteiger partial charge in [0.05, 0.1) is 0 Å². The SMILES string of the molecule is CC.CCCC(C=N)Cc1ccccc1. The zero-order valence-corrected chi connectivity index (χ0v) is 10.2. The summed E-state index contributed by atoms with van der Waals surface area (Å²) in [7, 11) is 0. The highest BCUT2D eigenvalue weighted by atomic mass is 14.3. The van der Waals surface area contributed by atoms with Gasteiger partial charge in [-0.3, -0.25) is 0 Å². The predicted octanol–water partition coefficient (Wildman–Crippen LogP) is 4.32. The Balaban J connectivity index is 0.000000921. The van der Waals surface area contributed by atoms with Crippen LogP contribution in [0.5, 0.6) is 0 Å². The molecule has 1 unspecified atom stereocenters. The van der Waals surface area contributed by atoms with Crippen LogP contribution in [0.3, 0.4) is 0 Å². The molecular weight excluding hydrogens is 182 g/mol. The molecule has 1 rings (SSSR count). The van der Waals surface area contributed by atoms with Crippen LogP contribution in [0.2, 0.25) is 0 Å². The monoisotopic (exact) mass is 205 g/mol. The van der Waals surface area contributed by atoms with Crippen LogP contribution in [0.4, 0.5) is 0 Å². The van der Waals surface area contributed by atoms with E-state index in [2.05, 4.69) is 31.2 Å². The third-order valence-corrected chi connectivity index (χ3v) is 2.24. The highest BCUT2D eigenvalue weighted by Crippen LogP contribution is 2.11. The topological polar surface area (TPSA) is 23.9 Å². The summed E-state index contributed by atoms with van der Waals surface area (Å²) in [6.07, 6.45) is 4.87. The fraction of sp³-hybridized carbons (Fsp3) is 0.500. The quantitative estimate of drug-likeness (QED) is 0.692. The Labute approximate surface area is 94.0 Å². The Hall–Kier alpha value is -1.11. The van der Waals surface area contributed by atoms with Gasteiger partial charge in [-0.15, -0.1) is 0 Å². The minimum absolute atomic E-state index is 0.424. The molecule has 1 aromatic carbocycles. The maximum Gasteiger partial charge on any atom is -0.00134 e. The van der Waals surface area contributed by atoms with Gasteiger partial charge in [-0.2, -0.15) is 0 Å². The molecule has 0 aliphatic carbocycles. The van der Waals surface area contributed by atoms with Crippen LogP contribution < -0.4 is 0 Å². The molecule has 84 valence electrons. The summed E-state index contributed by atoms with van der Waals surface area (Å²) in [5, 5.41) is 7.29. The lowest BCUT2D eigenvalue weighted by Crippen LogP contribution is -2.04. The first kappa shape index (κ1) is 13.9. The summed E-state index contributed by atoms with van der Waals surface area (Å²) in [5.41, 5.74) is 1.34. The first-order valence-electron chi connectivity index (χ1n) is 5.91. The molecule has 1 aromatic rings. The van der Waals surface area contributed by atoms with Gasteiger partial charge in [0.2, 0.25) is 0 Å². The molecule has 0 bridgehead atoms. The van der Waals surface area contributed by atoms with Crippen molar-refractivity contribution in [2.45, 2.75) is 40.0 Å². The average molecular weight is 205 g/mol. The van der Waals surface area contributed by atoms with Crippen LogP contribution >= 0.6 is 0 Å². The molecule has 0 saturated heterocycles. The number of hydrogen-bond acceptors (Lipinski definition) is 1. The van der Waals surface area contributed by atoms with Crippen LogP contribution in [0.25, 0.3) is 0 Å². The Bertz CT molecular complexity index is 241. The predicted molar refractivity (Wildman–Crippen MR) is 68.7 cm³/mol. The van der Waals surface area contributed by atoms with Crippen LogP contribution in [-0.2, 0) is 6.42 Å². The summed E-state index contributed by atoms with van der Waals surface area (Å²) in [4.78, 5) is 0. The molecule has 1 heteroatoms. The zero-order chi connectivity index (χ0) is 11.5. The maximum atomic E-state index is 7.29. The van der Waals surface area contributed by atoms with E-state index in [9.17, 15) is 0 Å². The molecule has 1 atom stereocenters. The van der Waals surface area contributed by atoms with E-state index in [1.54, 1.807) is 6.21 Å². The average Bonchev–Trinajstić information content (AvgIpc) is 2.32. The van der Waals surface area contributed by atoms with Gasteiger partial charge in [-0.25, -0.2) is 0 Å². The second-order valence-electron chi connectivity index (χ2n) is 3.41. The van der Waals surface area contributed by atoms with Crippen molar-refractivity contribution in [3.63, 3.8) is 0 Å². The van der Waals surface area contributed by atoms with E-state index in [0.29, 0.717) is 5.92 Å². The normalized spacial score (nSPS) is 11.1. The van der Waals surface area contributed by atoms with Gasteiger partial charge in [-0.05, 0) is 30.5 Å². The van der Waals surface area contributed by atoms with Gasteiger partial charge >= 0.3 is 0 Å². The maximum absolute atomic E-state index is 7.29. The van der Waals surface area contributed by atoms with Crippen molar-refractivity contribution in [3.05, 3.63) is 35.9 Å².